The molecule has 0 radical (unpaired) electrons. The first-order valence-corrected chi connectivity index (χ1v) is 5.52. The van der Waals surface area contributed by atoms with Gasteiger partial charge in [0.2, 0.25) is 0 Å². The average molecular weight is 209 g/mol. The van der Waals surface area contributed by atoms with Crippen LogP contribution < -0.4 is 5.73 Å². The van der Waals surface area contributed by atoms with Crippen molar-refractivity contribution in [2.45, 2.75) is 39.7 Å². The van der Waals surface area contributed by atoms with Crippen LogP contribution in [0.25, 0.3) is 0 Å². The van der Waals surface area contributed by atoms with Crippen LogP contribution >= 0.6 is 0 Å². The molecular weight excluding hydrogens is 189 g/mol. The van der Waals surface area contributed by atoms with Gasteiger partial charge in [0.25, 0.3) is 0 Å². The predicted molar refractivity (Wildman–Crippen MR) is 62.1 cm³/mol. The second-order valence-corrected chi connectivity index (χ2v) is 4.58. The first-order chi connectivity index (χ1) is 7.00. The second kappa shape index (κ2) is 5.26. The molecule has 0 aliphatic rings. The minimum Gasteiger partial charge on any atom is -0.324 e. The van der Waals surface area contributed by atoms with Crippen molar-refractivity contribution in [2.75, 3.05) is 0 Å². The van der Waals surface area contributed by atoms with Gasteiger partial charge < -0.3 is 5.73 Å². The summed E-state index contributed by atoms with van der Waals surface area (Å²) in [6.07, 6.45) is 2.07. The Morgan fingerprint density at radius 1 is 1.27 bits per heavy atom. The van der Waals surface area contributed by atoms with Gasteiger partial charge in [-0.1, -0.05) is 19.9 Å². The molecule has 0 saturated carbocycles. The quantitative estimate of drug-likeness (QED) is 0.806. The van der Waals surface area contributed by atoms with Crippen LogP contribution in [-0.4, -0.2) is 0 Å². The topological polar surface area (TPSA) is 26.0 Å². The van der Waals surface area contributed by atoms with Crippen molar-refractivity contribution in [1.82, 2.24) is 0 Å². The SMILES string of the molecule is Cc1cc(F)ccc1[C@@H](N)CCC(C)C. The molecule has 1 rings (SSSR count). The Morgan fingerprint density at radius 3 is 2.47 bits per heavy atom. The van der Waals surface area contributed by atoms with Gasteiger partial charge in [-0.3, -0.25) is 0 Å². The lowest BCUT2D eigenvalue weighted by molar-refractivity contribution is 0.505. The minimum atomic E-state index is -0.188. The van der Waals surface area contributed by atoms with Gasteiger partial charge >= 0.3 is 0 Å². The molecule has 0 aliphatic heterocycles. The summed E-state index contributed by atoms with van der Waals surface area (Å²) in [7, 11) is 0. The lowest BCUT2D eigenvalue weighted by atomic mass is 9.95. The number of hydrogen-bond acceptors (Lipinski definition) is 1. The van der Waals surface area contributed by atoms with E-state index in [-0.39, 0.29) is 11.9 Å². The maximum absolute atomic E-state index is 12.9. The molecule has 0 saturated heterocycles. The van der Waals surface area contributed by atoms with E-state index in [1.807, 2.05) is 6.92 Å². The summed E-state index contributed by atoms with van der Waals surface area (Å²) in [4.78, 5) is 0. The molecule has 0 bridgehead atoms. The molecule has 0 aliphatic carbocycles. The van der Waals surface area contributed by atoms with E-state index in [9.17, 15) is 4.39 Å². The molecule has 2 heteroatoms. The van der Waals surface area contributed by atoms with Gasteiger partial charge in [0.1, 0.15) is 5.82 Å². The summed E-state index contributed by atoms with van der Waals surface area (Å²) >= 11 is 0. The summed E-state index contributed by atoms with van der Waals surface area (Å²) in [6, 6.07) is 4.87. The third-order valence-electron chi connectivity index (χ3n) is 2.69. The summed E-state index contributed by atoms with van der Waals surface area (Å²) in [5, 5.41) is 0. The van der Waals surface area contributed by atoms with Crippen molar-refractivity contribution >= 4 is 0 Å². The highest BCUT2D eigenvalue weighted by atomic mass is 19.1. The van der Waals surface area contributed by atoms with Crippen molar-refractivity contribution in [3.63, 3.8) is 0 Å². The third kappa shape index (κ3) is 3.63. The van der Waals surface area contributed by atoms with Crippen LogP contribution in [0.3, 0.4) is 0 Å². The third-order valence-corrected chi connectivity index (χ3v) is 2.69. The number of aryl methyl sites for hydroxylation is 1. The molecule has 84 valence electrons. The molecule has 0 heterocycles. The summed E-state index contributed by atoms with van der Waals surface area (Å²) in [5.74, 6) is 0.476. The van der Waals surface area contributed by atoms with Crippen LogP contribution in [0.2, 0.25) is 0 Å². The van der Waals surface area contributed by atoms with Gasteiger partial charge in [-0.05, 0) is 48.9 Å². The standard InChI is InChI=1S/C13H20FN/c1-9(2)4-7-13(15)12-6-5-11(14)8-10(12)3/h5-6,8-9,13H,4,7,15H2,1-3H3/t13-/m0/s1. The Bertz CT molecular complexity index is 320. The van der Waals surface area contributed by atoms with E-state index in [4.69, 9.17) is 5.73 Å². The maximum Gasteiger partial charge on any atom is 0.123 e. The van der Waals surface area contributed by atoms with Gasteiger partial charge in [0.15, 0.2) is 0 Å². The lowest BCUT2D eigenvalue weighted by Crippen LogP contribution is -2.12. The summed E-state index contributed by atoms with van der Waals surface area (Å²) < 4.78 is 12.9. The van der Waals surface area contributed by atoms with Crippen LogP contribution in [0.5, 0.6) is 0 Å². The van der Waals surface area contributed by atoms with Gasteiger partial charge in [-0.25, -0.2) is 4.39 Å². The van der Waals surface area contributed by atoms with Crippen LogP contribution in [0.15, 0.2) is 18.2 Å². The smallest absolute Gasteiger partial charge is 0.123 e. The molecule has 0 aromatic heterocycles. The number of halogens is 1. The largest absolute Gasteiger partial charge is 0.324 e. The Balaban J connectivity index is 2.69. The molecule has 1 nitrogen and oxygen atoms in total. The zero-order chi connectivity index (χ0) is 11.4. The van der Waals surface area contributed by atoms with E-state index in [1.54, 1.807) is 12.1 Å². The maximum atomic E-state index is 12.9. The van der Waals surface area contributed by atoms with E-state index in [0.29, 0.717) is 5.92 Å². The van der Waals surface area contributed by atoms with Crippen LogP contribution in [-0.2, 0) is 0 Å². The van der Waals surface area contributed by atoms with E-state index in [1.165, 1.54) is 6.07 Å². The van der Waals surface area contributed by atoms with Gasteiger partial charge in [-0.2, -0.15) is 0 Å². The van der Waals surface area contributed by atoms with Gasteiger partial charge in [0, 0.05) is 6.04 Å². The summed E-state index contributed by atoms with van der Waals surface area (Å²) in [6.45, 7) is 6.28. The molecule has 1 aromatic carbocycles. The Labute approximate surface area is 91.5 Å². The fraction of sp³-hybridized carbons (Fsp3) is 0.538. The zero-order valence-corrected chi connectivity index (χ0v) is 9.76. The molecule has 0 fully saturated rings. The molecule has 2 N–H and O–H groups in total. The van der Waals surface area contributed by atoms with Crippen LogP contribution in [0, 0.1) is 18.7 Å². The average Bonchev–Trinajstić information content (AvgIpc) is 2.14. The molecule has 0 spiro atoms. The van der Waals surface area contributed by atoms with E-state index >= 15 is 0 Å². The van der Waals surface area contributed by atoms with Crippen molar-refractivity contribution < 1.29 is 4.39 Å². The van der Waals surface area contributed by atoms with E-state index < -0.39 is 0 Å². The summed E-state index contributed by atoms with van der Waals surface area (Å²) in [5.41, 5.74) is 8.09. The molecule has 1 aromatic rings. The van der Waals surface area contributed by atoms with Gasteiger partial charge in [-0.15, -0.1) is 0 Å². The number of benzene rings is 1. The lowest BCUT2D eigenvalue weighted by Gasteiger charge is -2.15. The fourth-order valence-electron chi connectivity index (χ4n) is 1.72. The Morgan fingerprint density at radius 2 is 1.93 bits per heavy atom. The fourth-order valence-corrected chi connectivity index (χ4v) is 1.72. The number of hydrogen-bond donors (Lipinski definition) is 1. The zero-order valence-electron chi connectivity index (χ0n) is 9.76. The first-order valence-electron chi connectivity index (χ1n) is 5.52. The van der Waals surface area contributed by atoms with Gasteiger partial charge in [0.05, 0.1) is 0 Å². The van der Waals surface area contributed by atoms with E-state index in [0.717, 1.165) is 24.0 Å². The highest BCUT2D eigenvalue weighted by molar-refractivity contribution is 5.29. The second-order valence-electron chi connectivity index (χ2n) is 4.58. The normalized spacial score (nSPS) is 13.2. The predicted octanol–water partition coefficient (Wildman–Crippen LogP) is 3.57. The molecular formula is C13H20FN. The molecule has 0 amide bonds. The van der Waals surface area contributed by atoms with Crippen LogP contribution in [0.4, 0.5) is 4.39 Å². The highest BCUT2D eigenvalue weighted by Gasteiger charge is 2.10. The minimum absolute atomic E-state index is 0.0352. The van der Waals surface area contributed by atoms with Crippen molar-refractivity contribution in [2.24, 2.45) is 11.7 Å². The number of rotatable bonds is 4. The molecule has 1 atom stereocenters. The van der Waals surface area contributed by atoms with E-state index in [2.05, 4.69) is 13.8 Å². The molecule has 0 unspecified atom stereocenters. The van der Waals surface area contributed by atoms with Crippen molar-refractivity contribution in [1.29, 1.82) is 0 Å². The Hall–Kier alpha value is -0.890. The first kappa shape index (κ1) is 12.2. The van der Waals surface area contributed by atoms with Crippen LogP contribution in [0.1, 0.15) is 43.9 Å². The number of nitrogens with two attached hydrogens (primary N) is 1. The molecule has 15 heavy (non-hydrogen) atoms. The highest BCUT2D eigenvalue weighted by Crippen LogP contribution is 2.22. The monoisotopic (exact) mass is 209 g/mol. The van der Waals surface area contributed by atoms with Crippen molar-refractivity contribution in [3.05, 3.63) is 35.1 Å². The van der Waals surface area contributed by atoms with Crippen molar-refractivity contribution in [3.8, 4) is 0 Å². The Kier molecular flexibility index (Phi) is 4.28.